The summed E-state index contributed by atoms with van der Waals surface area (Å²) in [6, 6.07) is 10.5. The highest BCUT2D eigenvalue weighted by Crippen LogP contribution is 2.09. The van der Waals surface area contributed by atoms with E-state index in [4.69, 9.17) is 12.2 Å². The molecule has 1 rings (SSSR count). The standard InChI is InChI=1S/C9H11NS/c1-8(10-7-11)9-5-3-2-4-6-9/h2-8H,1H3,(H,10,11). The predicted octanol–water partition coefficient (Wildman–Crippen LogP) is 2.29. The molecule has 58 valence electrons. The molecule has 2 heteroatoms. The SMILES string of the molecule is CC(NC=S)c1ccccc1. The van der Waals surface area contributed by atoms with E-state index in [0.717, 1.165) is 0 Å². The number of thiocarbonyl (C=S) groups is 1. The van der Waals surface area contributed by atoms with E-state index in [-0.39, 0.29) is 0 Å². The minimum atomic E-state index is 0.314. The minimum Gasteiger partial charge on any atom is -0.376 e. The Kier molecular flexibility index (Phi) is 3.05. The first-order chi connectivity index (χ1) is 5.34. The van der Waals surface area contributed by atoms with E-state index in [2.05, 4.69) is 24.4 Å². The lowest BCUT2D eigenvalue weighted by Crippen LogP contribution is -2.14. The van der Waals surface area contributed by atoms with Gasteiger partial charge < -0.3 is 5.32 Å². The molecular formula is C9H11NS. The Morgan fingerprint density at radius 3 is 2.55 bits per heavy atom. The first-order valence-corrected chi connectivity index (χ1v) is 4.06. The van der Waals surface area contributed by atoms with Crippen LogP contribution in [0.1, 0.15) is 18.5 Å². The summed E-state index contributed by atoms with van der Waals surface area (Å²) < 4.78 is 0. The number of hydrogen-bond donors (Lipinski definition) is 1. The highest BCUT2D eigenvalue weighted by atomic mass is 32.1. The van der Waals surface area contributed by atoms with Crippen LogP contribution in [-0.4, -0.2) is 5.49 Å². The van der Waals surface area contributed by atoms with Crippen LogP contribution in [0.15, 0.2) is 30.3 Å². The van der Waals surface area contributed by atoms with Crippen molar-refractivity contribution in [2.24, 2.45) is 0 Å². The zero-order valence-electron chi connectivity index (χ0n) is 6.45. The Labute approximate surface area is 72.4 Å². The average molecular weight is 165 g/mol. The van der Waals surface area contributed by atoms with Gasteiger partial charge in [0.2, 0.25) is 0 Å². The molecule has 0 fully saturated rings. The van der Waals surface area contributed by atoms with Crippen molar-refractivity contribution in [1.82, 2.24) is 5.32 Å². The molecule has 0 bridgehead atoms. The fraction of sp³-hybridized carbons (Fsp3) is 0.222. The van der Waals surface area contributed by atoms with E-state index in [1.54, 1.807) is 5.49 Å². The minimum absolute atomic E-state index is 0.314. The molecule has 1 atom stereocenters. The summed E-state index contributed by atoms with van der Waals surface area (Å²) in [7, 11) is 0. The lowest BCUT2D eigenvalue weighted by molar-refractivity contribution is 0.733. The normalized spacial score (nSPS) is 12.1. The summed E-state index contributed by atoms with van der Waals surface area (Å²) in [6.07, 6.45) is 0. The monoisotopic (exact) mass is 165 g/mol. The molecule has 0 spiro atoms. The van der Waals surface area contributed by atoms with Gasteiger partial charge in [-0.05, 0) is 12.5 Å². The fourth-order valence-corrected chi connectivity index (χ4v) is 1.14. The van der Waals surface area contributed by atoms with Crippen molar-refractivity contribution in [3.8, 4) is 0 Å². The van der Waals surface area contributed by atoms with Gasteiger partial charge in [0, 0.05) is 6.04 Å². The average Bonchev–Trinajstić information content (AvgIpc) is 2.07. The third-order valence-electron chi connectivity index (χ3n) is 1.62. The molecule has 1 aromatic carbocycles. The Morgan fingerprint density at radius 1 is 1.36 bits per heavy atom. The van der Waals surface area contributed by atoms with Crippen molar-refractivity contribution >= 4 is 17.7 Å². The van der Waals surface area contributed by atoms with Crippen LogP contribution in [-0.2, 0) is 0 Å². The molecule has 0 heterocycles. The molecule has 0 aliphatic heterocycles. The summed E-state index contributed by atoms with van der Waals surface area (Å²) >= 11 is 4.69. The van der Waals surface area contributed by atoms with Gasteiger partial charge in [0.15, 0.2) is 0 Å². The molecule has 0 aliphatic rings. The Bertz CT molecular complexity index is 220. The lowest BCUT2D eigenvalue weighted by atomic mass is 10.1. The van der Waals surface area contributed by atoms with Gasteiger partial charge in [-0.2, -0.15) is 0 Å². The van der Waals surface area contributed by atoms with Crippen LogP contribution >= 0.6 is 12.2 Å². The van der Waals surface area contributed by atoms with Gasteiger partial charge in [-0.3, -0.25) is 0 Å². The van der Waals surface area contributed by atoms with Gasteiger partial charge in [0.05, 0.1) is 5.49 Å². The lowest BCUT2D eigenvalue weighted by Gasteiger charge is -2.10. The highest BCUT2D eigenvalue weighted by molar-refractivity contribution is 7.78. The second kappa shape index (κ2) is 4.09. The summed E-state index contributed by atoms with van der Waals surface area (Å²) in [5.41, 5.74) is 2.81. The molecule has 1 aromatic rings. The van der Waals surface area contributed by atoms with Crippen LogP contribution in [0.4, 0.5) is 0 Å². The molecular weight excluding hydrogens is 154 g/mol. The van der Waals surface area contributed by atoms with Crippen molar-refractivity contribution in [3.63, 3.8) is 0 Å². The van der Waals surface area contributed by atoms with E-state index >= 15 is 0 Å². The third kappa shape index (κ3) is 2.31. The molecule has 1 N–H and O–H groups in total. The topological polar surface area (TPSA) is 12.0 Å². The molecule has 0 saturated heterocycles. The van der Waals surface area contributed by atoms with Crippen LogP contribution < -0.4 is 5.32 Å². The molecule has 1 unspecified atom stereocenters. The highest BCUT2D eigenvalue weighted by Gasteiger charge is 1.99. The summed E-state index contributed by atoms with van der Waals surface area (Å²) in [4.78, 5) is 0. The van der Waals surface area contributed by atoms with E-state index in [1.165, 1.54) is 5.56 Å². The first-order valence-electron chi connectivity index (χ1n) is 3.59. The number of hydrogen-bond acceptors (Lipinski definition) is 1. The fourth-order valence-electron chi connectivity index (χ4n) is 0.940. The van der Waals surface area contributed by atoms with E-state index < -0.39 is 0 Å². The van der Waals surface area contributed by atoms with Gasteiger partial charge in [-0.1, -0.05) is 42.5 Å². The van der Waals surface area contributed by atoms with Crippen molar-refractivity contribution in [2.75, 3.05) is 0 Å². The number of benzene rings is 1. The second-order valence-corrected chi connectivity index (χ2v) is 2.65. The van der Waals surface area contributed by atoms with Crippen LogP contribution in [0, 0.1) is 0 Å². The van der Waals surface area contributed by atoms with Gasteiger partial charge in [0.1, 0.15) is 0 Å². The molecule has 1 nitrogen and oxygen atoms in total. The first kappa shape index (κ1) is 8.21. The molecule has 0 amide bonds. The maximum Gasteiger partial charge on any atom is 0.0619 e. The number of nitrogens with one attached hydrogen (secondary N) is 1. The number of rotatable bonds is 3. The Hall–Kier alpha value is -0.890. The van der Waals surface area contributed by atoms with Gasteiger partial charge in [0.25, 0.3) is 0 Å². The van der Waals surface area contributed by atoms with Crippen LogP contribution in [0.5, 0.6) is 0 Å². The van der Waals surface area contributed by atoms with Crippen LogP contribution in [0.25, 0.3) is 0 Å². The van der Waals surface area contributed by atoms with Gasteiger partial charge in [-0.25, -0.2) is 0 Å². The second-order valence-electron chi connectivity index (χ2n) is 2.42. The van der Waals surface area contributed by atoms with Crippen LogP contribution in [0.3, 0.4) is 0 Å². The van der Waals surface area contributed by atoms with E-state index in [0.29, 0.717) is 6.04 Å². The van der Waals surface area contributed by atoms with E-state index in [9.17, 15) is 0 Å². The maximum atomic E-state index is 4.69. The zero-order chi connectivity index (χ0) is 8.10. The largest absolute Gasteiger partial charge is 0.376 e. The summed E-state index contributed by atoms with van der Waals surface area (Å²) in [5, 5.41) is 3.05. The maximum absolute atomic E-state index is 4.69. The molecule has 0 aliphatic carbocycles. The van der Waals surface area contributed by atoms with Crippen molar-refractivity contribution in [1.29, 1.82) is 0 Å². The smallest absolute Gasteiger partial charge is 0.0619 e. The van der Waals surface area contributed by atoms with Crippen molar-refractivity contribution in [2.45, 2.75) is 13.0 Å². The Morgan fingerprint density at radius 2 is 2.00 bits per heavy atom. The summed E-state index contributed by atoms with van der Waals surface area (Å²) in [5.74, 6) is 0. The zero-order valence-corrected chi connectivity index (χ0v) is 7.27. The quantitative estimate of drug-likeness (QED) is 0.690. The molecule has 0 radical (unpaired) electrons. The molecule has 11 heavy (non-hydrogen) atoms. The van der Waals surface area contributed by atoms with Crippen molar-refractivity contribution in [3.05, 3.63) is 35.9 Å². The molecule has 0 saturated carbocycles. The van der Waals surface area contributed by atoms with Gasteiger partial charge in [-0.15, -0.1) is 0 Å². The Balaban J connectivity index is 2.68. The molecule has 0 aromatic heterocycles. The summed E-state index contributed by atoms with van der Waals surface area (Å²) in [6.45, 7) is 2.08. The van der Waals surface area contributed by atoms with Crippen molar-refractivity contribution < 1.29 is 0 Å². The third-order valence-corrected chi connectivity index (χ3v) is 1.75. The van der Waals surface area contributed by atoms with E-state index in [1.807, 2.05) is 18.2 Å². The predicted molar refractivity (Wildman–Crippen MR) is 51.6 cm³/mol. The van der Waals surface area contributed by atoms with Crippen LogP contribution in [0.2, 0.25) is 0 Å². The van der Waals surface area contributed by atoms with Gasteiger partial charge >= 0.3 is 0 Å².